The van der Waals surface area contributed by atoms with Gasteiger partial charge in [0.1, 0.15) is 17.9 Å². The Balaban J connectivity index is 1.90. The largest absolute Gasteiger partial charge is 0.481 e. The number of rotatable bonds is 6. The Kier molecular flexibility index (Phi) is 6.11. The quantitative estimate of drug-likeness (QED) is 0.279. The van der Waals surface area contributed by atoms with Gasteiger partial charge in [-0.1, -0.05) is 13.0 Å². The van der Waals surface area contributed by atoms with E-state index in [9.17, 15) is 44.7 Å². The van der Waals surface area contributed by atoms with Crippen molar-refractivity contribution in [2.45, 2.75) is 81.2 Å². The van der Waals surface area contributed by atoms with Gasteiger partial charge in [0.25, 0.3) is 0 Å². The van der Waals surface area contributed by atoms with Crippen molar-refractivity contribution in [2.24, 2.45) is 22.7 Å². The van der Waals surface area contributed by atoms with E-state index in [1.807, 2.05) is 0 Å². The van der Waals surface area contributed by atoms with Crippen molar-refractivity contribution in [2.75, 3.05) is 0 Å². The van der Waals surface area contributed by atoms with Crippen LogP contribution in [-0.2, 0) is 19.2 Å². The lowest BCUT2D eigenvalue weighted by Gasteiger charge is -2.63. The number of allylic oxidation sites excluding steroid dienone is 4. The monoisotopic (exact) mass is 528 g/mol. The van der Waals surface area contributed by atoms with Crippen LogP contribution in [0.5, 0.6) is 0 Å². The maximum absolute atomic E-state index is 17.2. The summed E-state index contributed by atoms with van der Waals surface area (Å²) < 4.78 is 32.7. The average molecular weight is 529 g/mol. The fourth-order valence-electron chi connectivity index (χ4n) is 7.85. The molecule has 3 saturated carbocycles. The van der Waals surface area contributed by atoms with E-state index in [1.54, 1.807) is 0 Å². The van der Waals surface area contributed by atoms with Crippen LogP contribution in [0.3, 0.4) is 0 Å². The van der Waals surface area contributed by atoms with Crippen molar-refractivity contribution in [1.29, 1.82) is 0 Å². The number of alkyl halides is 2. The highest BCUT2D eigenvalue weighted by Gasteiger charge is 2.81. The summed E-state index contributed by atoms with van der Waals surface area (Å²) in [5.41, 5.74) is -12.5. The number of aliphatic carboxylic acids is 2. The summed E-state index contributed by atoms with van der Waals surface area (Å²) in [7, 11) is 0. The summed E-state index contributed by atoms with van der Waals surface area (Å²) in [5.74, 6) is -8.14. The van der Waals surface area contributed by atoms with Crippen LogP contribution in [0.25, 0.3) is 0 Å². The Morgan fingerprint density at radius 1 is 1.11 bits per heavy atom. The molecule has 0 radical (unpaired) electrons. The molecule has 0 aromatic rings. The minimum Gasteiger partial charge on any atom is -0.481 e. The van der Waals surface area contributed by atoms with Crippen molar-refractivity contribution in [3.8, 4) is 0 Å². The zero-order chi connectivity index (χ0) is 27.9. The SMILES string of the molecule is C[C@]12C=CC(=O)C=C1[C@H](F)C[C@H]1[C@@H]3C[C@](O)(CC(=O)O)[C@](O)(C(=O)C(O)CC(=O)O)[C@@]3(C)C[C@H](O)C12F. The molecule has 4 aliphatic carbocycles. The number of carboxylic acid groups (broad SMARTS) is 2. The highest BCUT2D eigenvalue weighted by Crippen LogP contribution is 2.72. The van der Waals surface area contributed by atoms with E-state index in [0.717, 1.165) is 12.2 Å². The molecule has 10 nitrogen and oxygen atoms in total. The summed E-state index contributed by atoms with van der Waals surface area (Å²) in [6.45, 7) is 2.53. The number of aliphatic hydroxyl groups is 4. The van der Waals surface area contributed by atoms with Gasteiger partial charge in [-0.05, 0) is 49.8 Å². The van der Waals surface area contributed by atoms with Gasteiger partial charge in [-0.25, -0.2) is 8.78 Å². The number of carbonyl (C=O) groups excluding carboxylic acids is 2. The predicted molar refractivity (Wildman–Crippen MR) is 119 cm³/mol. The van der Waals surface area contributed by atoms with Crippen LogP contribution in [0, 0.1) is 22.7 Å². The lowest BCUT2D eigenvalue weighted by Crippen LogP contribution is -2.72. The molecule has 10 atom stereocenters. The smallest absolute Gasteiger partial charge is 0.306 e. The Morgan fingerprint density at radius 3 is 2.30 bits per heavy atom. The molecular formula is C25H30F2O10. The molecule has 0 aromatic heterocycles. The first-order chi connectivity index (χ1) is 16.9. The van der Waals surface area contributed by atoms with E-state index in [2.05, 4.69) is 0 Å². The van der Waals surface area contributed by atoms with Gasteiger partial charge in [0.05, 0.1) is 18.9 Å². The lowest BCUT2D eigenvalue weighted by atomic mass is 9.44. The molecule has 3 fully saturated rings. The second-order valence-corrected chi connectivity index (χ2v) is 11.4. The van der Waals surface area contributed by atoms with Crippen molar-refractivity contribution in [3.05, 3.63) is 23.8 Å². The number of hydrogen-bond acceptors (Lipinski definition) is 8. The van der Waals surface area contributed by atoms with Gasteiger partial charge in [0.15, 0.2) is 22.8 Å². The normalized spacial score (nSPS) is 47.4. The fraction of sp³-hybridized carbons (Fsp3) is 0.680. The maximum Gasteiger partial charge on any atom is 0.306 e. The van der Waals surface area contributed by atoms with Crippen molar-refractivity contribution in [1.82, 2.24) is 0 Å². The van der Waals surface area contributed by atoms with E-state index in [1.165, 1.54) is 19.9 Å². The number of halogens is 2. The third-order valence-electron chi connectivity index (χ3n) is 9.55. The van der Waals surface area contributed by atoms with Crippen LogP contribution < -0.4 is 0 Å². The summed E-state index contributed by atoms with van der Waals surface area (Å²) in [4.78, 5) is 48.1. The molecule has 37 heavy (non-hydrogen) atoms. The molecule has 4 rings (SSSR count). The fourth-order valence-corrected chi connectivity index (χ4v) is 7.85. The van der Waals surface area contributed by atoms with Crippen molar-refractivity contribution < 1.29 is 58.6 Å². The third-order valence-corrected chi connectivity index (χ3v) is 9.55. The number of carboxylic acids is 2. The van der Waals surface area contributed by atoms with Gasteiger partial charge < -0.3 is 30.6 Å². The predicted octanol–water partition coefficient (Wildman–Crippen LogP) is 0.257. The third kappa shape index (κ3) is 3.35. The van der Waals surface area contributed by atoms with Gasteiger partial charge in [0, 0.05) is 16.7 Å². The Labute approximate surface area is 210 Å². The summed E-state index contributed by atoms with van der Waals surface area (Å²) in [6, 6.07) is 0. The van der Waals surface area contributed by atoms with Crippen molar-refractivity contribution in [3.63, 3.8) is 0 Å². The highest BCUT2D eigenvalue weighted by atomic mass is 19.1. The number of carbonyl (C=O) groups is 4. The minimum absolute atomic E-state index is 0.177. The van der Waals surface area contributed by atoms with Crippen LogP contribution in [0.2, 0.25) is 0 Å². The van der Waals surface area contributed by atoms with Crippen LogP contribution in [0.15, 0.2) is 23.8 Å². The summed E-state index contributed by atoms with van der Waals surface area (Å²) in [6.07, 6.45) is -7.41. The number of hydrogen-bond donors (Lipinski definition) is 6. The first kappa shape index (κ1) is 27.5. The van der Waals surface area contributed by atoms with Gasteiger partial charge >= 0.3 is 11.9 Å². The van der Waals surface area contributed by atoms with E-state index < -0.39 is 114 Å². The molecular weight excluding hydrogens is 498 g/mol. The van der Waals surface area contributed by atoms with Gasteiger partial charge in [-0.3, -0.25) is 19.2 Å². The lowest BCUT2D eigenvalue weighted by molar-refractivity contribution is -0.236. The number of Topliss-reactive ketones (excluding diaryl/α,β-unsaturated/α-hetero) is 1. The molecule has 0 amide bonds. The molecule has 6 N–H and O–H groups in total. The van der Waals surface area contributed by atoms with Crippen LogP contribution in [0.4, 0.5) is 8.78 Å². The number of ketones is 2. The molecule has 0 aromatic carbocycles. The Hall–Kier alpha value is -2.54. The first-order valence-electron chi connectivity index (χ1n) is 12.0. The van der Waals surface area contributed by atoms with Gasteiger partial charge in [0.2, 0.25) is 0 Å². The first-order valence-corrected chi connectivity index (χ1v) is 12.0. The summed E-state index contributed by atoms with van der Waals surface area (Å²) in [5, 5.41) is 63.4. The topological polar surface area (TPSA) is 190 Å². The molecule has 0 aliphatic heterocycles. The molecule has 0 bridgehead atoms. The second-order valence-electron chi connectivity index (χ2n) is 11.4. The van der Waals surface area contributed by atoms with E-state index >= 15 is 8.78 Å². The molecule has 2 unspecified atom stereocenters. The number of aliphatic hydroxyl groups excluding tert-OH is 2. The molecule has 4 aliphatic rings. The molecule has 0 saturated heterocycles. The van der Waals surface area contributed by atoms with Gasteiger partial charge in [-0.15, -0.1) is 0 Å². The number of fused-ring (bicyclic) bond motifs is 5. The molecule has 12 heteroatoms. The van der Waals surface area contributed by atoms with E-state index in [4.69, 9.17) is 5.11 Å². The zero-order valence-corrected chi connectivity index (χ0v) is 20.2. The van der Waals surface area contributed by atoms with Crippen LogP contribution in [-0.4, -0.2) is 89.4 Å². The average Bonchev–Trinajstić information content (AvgIpc) is 2.94. The van der Waals surface area contributed by atoms with E-state index in [0.29, 0.717) is 0 Å². The molecule has 0 heterocycles. The Bertz CT molecular complexity index is 1140. The maximum atomic E-state index is 17.2. The zero-order valence-electron chi connectivity index (χ0n) is 20.2. The molecule has 204 valence electrons. The van der Waals surface area contributed by atoms with Crippen LogP contribution >= 0.6 is 0 Å². The highest BCUT2D eigenvalue weighted by molar-refractivity contribution is 6.01. The molecule has 0 spiro atoms. The second kappa shape index (κ2) is 8.23. The van der Waals surface area contributed by atoms with Crippen LogP contribution in [0.1, 0.15) is 46.0 Å². The van der Waals surface area contributed by atoms with Crippen molar-refractivity contribution >= 4 is 23.5 Å². The van der Waals surface area contributed by atoms with E-state index in [-0.39, 0.29) is 5.57 Å². The summed E-state index contributed by atoms with van der Waals surface area (Å²) >= 11 is 0. The minimum atomic E-state index is -3.12. The Morgan fingerprint density at radius 2 is 1.73 bits per heavy atom. The standard InChI is InChI=1S/C25H30F2O10/c1-21-4-3-11(28)5-13(21)15(26)6-12-14-8-23(36,10-19(33)34)25(37,20(35)16(29)7-18(31)32)22(14,2)9-17(30)24(12,21)27/h3-5,12,14-17,29-30,36-37H,6-10H2,1-2H3,(H,31,32)(H,33,34)/t12-,14-,15+,16?,17-,21-,22-,23-,24?,25-/m0/s1. The van der Waals surface area contributed by atoms with Gasteiger partial charge in [-0.2, -0.15) is 0 Å².